The molecular weight excluding hydrogens is 336 g/mol. The molecule has 2 unspecified atom stereocenters. The molecule has 2 atom stereocenters. The van der Waals surface area contributed by atoms with Gasteiger partial charge >= 0.3 is 0 Å². The lowest BCUT2D eigenvalue weighted by atomic mass is 9.89. The van der Waals surface area contributed by atoms with Crippen LogP contribution in [0, 0.1) is 11.8 Å². The highest BCUT2D eigenvalue weighted by Crippen LogP contribution is 2.38. The number of carbonyl (C=O) groups excluding carboxylic acids is 2. The SMILES string of the molecule is CC1CC1C(=O)Nc1ccc(C(=O)N2CCC(c3ccccc3)CC2)cc1. The van der Waals surface area contributed by atoms with E-state index in [1.54, 1.807) is 0 Å². The molecule has 4 heteroatoms. The Hall–Kier alpha value is -2.62. The van der Waals surface area contributed by atoms with Gasteiger partial charge in [-0.05, 0) is 60.9 Å². The summed E-state index contributed by atoms with van der Waals surface area (Å²) in [6, 6.07) is 17.8. The Morgan fingerprint density at radius 3 is 2.19 bits per heavy atom. The first-order valence-electron chi connectivity index (χ1n) is 9.87. The second kappa shape index (κ2) is 7.55. The summed E-state index contributed by atoms with van der Waals surface area (Å²) in [5.41, 5.74) is 2.82. The van der Waals surface area contributed by atoms with E-state index in [0.29, 0.717) is 17.4 Å². The molecular formula is C23H26N2O2. The monoisotopic (exact) mass is 362 g/mol. The molecule has 2 fully saturated rings. The van der Waals surface area contributed by atoms with Gasteiger partial charge in [-0.3, -0.25) is 9.59 Å². The molecule has 2 amide bonds. The van der Waals surface area contributed by atoms with E-state index in [0.717, 1.165) is 38.0 Å². The fraction of sp³-hybridized carbons (Fsp3) is 0.391. The molecule has 140 valence electrons. The van der Waals surface area contributed by atoms with Gasteiger partial charge in [-0.1, -0.05) is 37.3 Å². The van der Waals surface area contributed by atoms with E-state index in [1.165, 1.54) is 5.56 Å². The predicted molar refractivity (Wildman–Crippen MR) is 107 cm³/mol. The average molecular weight is 362 g/mol. The molecule has 27 heavy (non-hydrogen) atoms. The summed E-state index contributed by atoms with van der Waals surface area (Å²) in [6.07, 6.45) is 2.98. The average Bonchev–Trinajstić information content (AvgIpc) is 3.46. The van der Waals surface area contributed by atoms with Crippen molar-refractivity contribution in [2.75, 3.05) is 18.4 Å². The maximum Gasteiger partial charge on any atom is 0.253 e. The summed E-state index contributed by atoms with van der Waals surface area (Å²) in [6.45, 7) is 3.67. The molecule has 0 radical (unpaired) electrons. The Labute approximate surface area is 160 Å². The number of amides is 2. The summed E-state index contributed by atoms with van der Waals surface area (Å²) in [7, 11) is 0. The Morgan fingerprint density at radius 1 is 0.963 bits per heavy atom. The largest absolute Gasteiger partial charge is 0.339 e. The Balaban J connectivity index is 1.32. The molecule has 1 saturated carbocycles. The number of nitrogens with zero attached hydrogens (tertiary/aromatic N) is 1. The maximum absolute atomic E-state index is 12.8. The van der Waals surface area contributed by atoms with Gasteiger partial charge in [-0.15, -0.1) is 0 Å². The van der Waals surface area contributed by atoms with Gasteiger partial charge < -0.3 is 10.2 Å². The molecule has 1 N–H and O–H groups in total. The second-order valence-corrected chi connectivity index (χ2v) is 7.86. The molecule has 1 aliphatic heterocycles. The third-order valence-corrected chi connectivity index (χ3v) is 5.90. The van der Waals surface area contributed by atoms with E-state index < -0.39 is 0 Å². The number of carbonyl (C=O) groups is 2. The van der Waals surface area contributed by atoms with Gasteiger partial charge in [-0.25, -0.2) is 0 Å². The number of rotatable bonds is 4. The molecule has 1 saturated heterocycles. The molecule has 0 aromatic heterocycles. The number of hydrogen-bond donors (Lipinski definition) is 1. The third-order valence-electron chi connectivity index (χ3n) is 5.90. The zero-order valence-electron chi connectivity index (χ0n) is 15.7. The summed E-state index contributed by atoms with van der Waals surface area (Å²) in [4.78, 5) is 26.7. The van der Waals surface area contributed by atoms with Gasteiger partial charge in [0.1, 0.15) is 0 Å². The van der Waals surface area contributed by atoms with E-state index in [2.05, 4.69) is 36.5 Å². The van der Waals surface area contributed by atoms with Crippen LogP contribution in [-0.2, 0) is 4.79 Å². The molecule has 1 aliphatic carbocycles. The summed E-state index contributed by atoms with van der Waals surface area (Å²) >= 11 is 0. The normalized spacial score (nSPS) is 22.3. The van der Waals surface area contributed by atoms with Crippen molar-refractivity contribution in [3.05, 3.63) is 65.7 Å². The minimum atomic E-state index is 0.0789. The van der Waals surface area contributed by atoms with Crippen molar-refractivity contribution in [3.63, 3.8) is 0 Å². The summed E-state index contributed by atoms with van der Waals surface area (Å²) in [5.74, 6) is 1.35. The van der Waals surface area contributed by atoms with Crippen LogP contribution < -0.4 is 5.32 Å². The van der Waals surface area contributed by atoms with Gasteiger partial charge in [0, 0.05) is 30.3 Å². The molecule has 2 aliphatic rings. The topological polar surface area (TPSA) is 49.4 Å². The smallest absolute Gasteiger partial charge is 0.253 e. The van der Waals surface area contributed by atoms with Crippen molar-refractivity contribution in [1.29, 1.82) is 0 Å². The van der Waals surface area contributed by atoms with Gasteiger partial charge in [0.05, 0.1) is 0 Å². The lowest BCUT2D eigenvalue weighted by Gasteiger charge is -2.32. The lowest BCUT2D eigenvalue weighted by molar-refractivity contribution is -0.117. The summed E-state index contributed by atoms with van der Waals surface area (Å²) < 4.78 is 0. The second-order valence-electron chi connectivity index (χ2n) is 7.86. The zero-order chi connectivity index (χ0) is 18.8. The van der Waals surface area contributed by atoms with Gasteiger partial charge in [0.2, 0.25) is 5.91 Å². The standard InChI is InChI=1S/C23H26N2O2/c1-16-15-21(16)22(26)24-20-9-7-19(8-10-20)23(27)25-13-11-18(12-14-25)17-5-3-2-4-6-17/h2-10,16,18,21H,11-15H2,1H3,(H,24,26). The van der Waals surface area contributed by atoms with Gasteiger partial charge in [0.15, 0.2) is 0 Å². The number of hydrogen-bond acceptors (Lipinski definition) is 2. The quantitative estimate of drug-likeness (QED) is 0.881. The Bertz CT molecular complexity index is 808. The molecule has 1 heterocycles. The molecule has 4 rings (SSSR count). The highest BCUT2D eigenvalue weighted by molar-refractivity contribution is 5.97. The minimum Gasteiger partial charge on any atom is -0.339 e. The van der Waals surface area contributed by atoms with Crippen molar-refractivity contribution in [3.8, 4) is 0 Å². The van der Waals surface area contributed by atoms with Crippen LogP contribution in [0.25, 0.3) is 0 Å². The van der Waals surface area contributed by atoms with E-state index in [1.807, 2.05) is 35.2 Å². The number of piperidine rings is 1. The Kier molecular flexibility index (Phi) is 4.97. The minimum absolute atomic E-state index is 0.0789. The predicted octanol–water partition coefficient (Wildman–Crippen LogP) is 4.30. The molecule has 2 aromatic rings. The van der Waals surface area contributed by atoms with Crippen molar-refractivity contribution in [2.45, 2.75) is 32.1 Å². The first kappa shape index (κ1) is 17.8. The molecule has 0 bridgehead atoms. The lowest BCUT2D eigenvalue weighted by Crippen LogP contribution is -2.37. The van der Waals surface area contributed by atoms with Crippen LogP contribution in [0.3, 0.4) is 0 Å². The van der Waals surface area contributed by atoms with E-state index in [4.69, 9.17) is 0 Å². The number of anilines is 1. The van der Waals surface area contributed by atoms with Gasteiger partial charge in [-0.2, -0.15) is 0 Å². The van der Waals surface area contributed by atoms with Crippen molar-refractivity contribution in [1.82, 2.24) is 4.90 Å². The highest BCUT2D eigenvalue weighted by Gasteiger charge is 2.39. The van der Waals surface area contributed by atoms with Crippen LogP contribution in [0.2, 0.25) is 0 Å². The fourth-order valence-corrected chi connectivity index (χ4v) is 3.94. The van der Waals surface area contributed by atoms with E-state index in [9.17, 15) is 9.59 Å². The van der Waals surface area contributed by atoms with E-state index in [-0.39, 0.29) is 17.7 Å². The molecule has 2 aromatic carbocycles. The Morgan fingerprint density at radius 2 is 1.59 bits per heavy atom. The highest BCUT2D eigenvalue weighted by atomic mass is 16.2. The number of benzene rings is 2. The zero-order valence-corrected chi connectivity index (χ0v) is 15.7. The van der Waals surface area contributed by atoms with Crippen molar-refractivity contribution >= 4 is 17.5 Å². The number of likely N-dealkylation sites (tertiary alicyclic amines) is 1. The van der Waals surface area contributed by atoms with Crippen LogP contribution >= 0.6 is 0 Å². The van der Waals surface area contributed by atoms with Crippen molar-refractivity contribution < 1.29 is 9.59 Å². The van der Waals surface area contributed by atoms with Crippen LogP contribution in [0.1, 0.15) is 48.0 Å². The van der Waals surface area contributed by atoms with Crippen LogP contribution in [-0.4, -0.2) is 29.8 Å². The van der Waals surface area contributed by atoms with Crippen LogP contribution in [0.4, 0.5) is 5.69 Å². The molecule has 4 nitrogen and oxygen atoms in total. The molecule has 0 spiro atoms. The summed E-state index contributed by atoms with van der Waals surface area (Å²) in [5, 5.41) is 2.94. The number of nitrogens with one attached hydrogen (secondary N) is 1. The first-order valence-corrected chi connectivity index (χ1v) is 9.87. The van der Waals surface area contributed by atoms with Crippen molar-refractivity contribution in [2.24, 2.45) is 11.8 Å². The third kappa shape index (κ3) is 4.05. The van der Waals surface area contributed by atoms with Crippen LogP contribution in [0.5, 0.6) is 0 Å². The van der Waals surface area contributed by atoms with Crippen LogP contribution in [0.15, 0.2) is 54.6 Å². The first-order chi connectivity index (χ1) is 13.1. The van der Waals surface area contributed by atoms with Gasteiger partial charge in [0.25, 0.3) is 5.91 Å². The maximum atomic E-state index is 12.8. The fourth-order valence-electron chi connectivity index (χ4n) is 3.94. The van der Waals surface area contributed by atoms with E-state index >= 15 is 0 Å².